The molecule has 0 atom stereocenters. The summed E-state index contributed by atoms with van der Waals surface area (Å²) in [6.45, 7) is 4.55. The van der Waals surface area contributed by atoms with Crippen molar-refractivity contribution in [2.75, 3.05) is 37.8 Å². The Morgan fingerprint density at radius 2 is 1.94 bits per heavy atom. The molecular formula is C20H26BrN3O5S2. The molecule has 2 aromatic rings. The van der Waals surface area contributed by atoms with E-state index >= 15 is 0 Å². The number of fused-ring (bicyclic) bond motifs is 1. The molecule has 0 radical (unpaired) electrons. The summed E-state index contributed by atoms with van der Waals surface area (Å²) in [5.74, 6) is -2.65. The lowest BCUT2D eigenvalue weighted by Gasteiger charge is -2.26. The number of ether oxygens (including phenoxy) is 1. The first kappa shape index (κ1) is 24.1. The number of carbonyl (C=O) groups is 2. The number of hydrogen-bond acceptors (Lipinski definition) is 6. The van der Waals surface area contributed by atoms with Crippen LogP contribution in [0.1, 0.15) is 26.2 Å². The molecule has 0 bridgehead atoms. The number of benzene rings is 1. The first-order chi connectivity index (χ1) is 14.8. The fourth-order valence-electron chi connectivity index (χ4n) is 3.45. The van der Waals surface area contributed by atoms with E-state index in [0.29, 0.717) is 37.6 Å². The Morgan fingerprint density at radius 1 is 1.19 bits per heavy atom. The van der Waals surface area contributed by atoms with Crippen LogP contribution in [0, 0.1) is 0 Å². The Hall–Kier alpha value is -1.56. The Bertz CT molecular complexity index is 1120. The quantitative estimate of drug-likeness (QED) is 0.487. The third-order valence-corrected chi connectivity index (χ3v) is 7.83. The highest BCUT2D eigenvalue weighted by atomic mass is 79.9. The lowest BCUT2D eigenvalue weighted by Crippen LogP contribution is -2.40. The smallest absolute Gasteiger partial charge is 0.263 e. The van der Waals surface area contributed by atoms with Crippen molar-refractivity contribution in [3.8, 4) is 0 Å². The predicted octanol–water partition coefficient (Wildman–Crippen LogP) is 2.36. The fraction of sp³-hybridized carbons (Fsp3) is 0.550. The van der Waals surface area contributed by atoms with Gasteiger partial charge in [-0.1, -0.05) is 27.3 Å². The lowest BCUT2D eigenvalue weighted by atomic mass is 10.1. The molecule has 170 valence electrons. The second-order valence-corrected chi connectivity index (χ2v) is 11.3. The Morgan fingerprint density at radius 3 is 2.65 bits per heavy atom. The van der Waals surface area contributed by atoms with E-state index < -0.39 is 33.2 Å². The maximum Gasteiger partial charge on any atom is 0.263 e. The maximum absolute atomic E-state index is 12.5. The van der Waals surface area contributed by atoms with Gasteiger partial charge in [0.15, 0.2) is 14.6 Å². The van der Waals surface area contributed by atoms with Gasteiger partial charge in [-0.05, 0) is 44.4 Å². The summed E-state index contributed by atoms with van der Waals surface area (Å²) in [5.41, 5.74) is 0.891. The molecular weight excluding hydrogens is 506 g/mol. The van der Waals surface area contributed by atoms with E-state index in [0.717, 1.165) is 34.0 Å². The van der Waals surface area contributed by atoms with Crippen LogP contribution in [0.3, 0.4) is 0 Å². The number of hydrogen-bond donors (Lipinski definition) is 0. The molecule has 0 aliphatic carbocycles. The van der Waals surface area contributed by atoms with Gasteiger partial charge >= 0.3 is 0 Å². The van der Waals surface area contributed by atoms with Gasteiger partial charge in [0.05, 0.1) is 16.8 Å². The van der Waals surface area contributed by atoms with Crippen LogP contribution in [-0.4, -0.2) is 67.5 Å². The van der Waals surface area contributed by atoms with Gasteiger partial charge in [0.1, 0.15) is 11.5 Å². The average Bonchev–Trinajstić information content (AvgIpc) is 3.03. The third kappa shape index (κ3) is 6.71. The van der Waals surface area contributed by atoms with Gasteiger partial charge in [-0.25, -0.2) is 8.42 Å². The van der Waals surface area contributed by atoms with Crippen LogP contribution in [0.4, 0.5) is 0 Å². The van der Waals surface area contributed by atoms with E-state index in [4.69, 9.17) is 4.74 Å². The molecule has 2 heterocycles. The van der Waals surface area contributed by atoms with Gasteiger partial charge in [-0.2, -0.15) is 4.99 Å². The zero-order chi connectivity index (χ0) is 22.4. The molecule has 1 aromatic carbocycles. The topological polar surface area (TPSA) is 98.0 Å². The van der Waals surface area contributed by atoms with E-state index in [1.807, 2.05) is 29.7 Å². The molecule has 0 N–H and O–H groups in total. The SMILES string of the molecule is CCOCCn1c(=NC(=O)CS(=O)(=O)CC(=O)N2CCCCC2)sc2cc(Br)ccc21. The van der Waals surface area contributed by atoms with Crippen LogP contribution in [-0.2, 0) is 30.7 Å². The molecule has 8 nitrogen and oxygen atoms in total. The number of sulfone groups is 1. The number of nitrogens with zero attached hydrogens (tertiary/aromatic N) is 3. The zero-order valence-electron chi connectivity index (χ0n) is 17.4. The van der Waals surface area contributed by atoms with Crippen molar-refractivity contribution in [3.05, 3.63) is 27.5 Å². The Balaban J connectivity index is 1.78. The number of carbonyl (C=O) groups excluding carboxylic acids is 2. The summed E-state index contributed by atoms with van der Waals surface area (Å²) in [5, 5.41) is 0. The highest BCUT2D eigenvalue weighted by molar-refractivity contribution is 9.10. The standard InChI is InChI=1S/C20H26BrN3O5S2/c1-2-29-11-10-24-16-7-6-15(21)12-17(16)30-20(24)22-18(25)13-31(27,28)14-19(26)23-8-4-3-5-9-23/h6-7,12H,2-5,8-11,13-14H2,1H3. The summed E-state index contributed by atoms with van der Waals surface area (Å²) in [7, 11) is -3.89. The molecule has 0 spiro atoms. The van der Waals surface area contributed by atoms with E-state index in [2.05, 4.69) is 20.9 Å². The molecule has 1 aliphatic heterocycles. The van der Waals surface area contributed by atoms with Gasteiger partial charge in [0.2, 0.25) is 5.91 Å². The minimum atomic E-state index is -3.89. The number of halogens is 1. The summed E-state index contributed by atoms with van der Waals surface area (Å²) in [6.07, 6.45) is 2.80. The van der Waals surface area contributed by atoms with Gasteiger partial charge in [-0.3, -0.25) is 9.59 Å². The highest BCUT2D eigenvalue weighted by Crippen LogP contribution is 2.22. The molecule has 1 aromatic heterocycles. The number of likely N-dealkylation sites (tertiary alicyclic amines) is 1. The molecule has 1 saturated heterocycles. The van der Waals surface area contributed by atoms with Gasteiger partial charge in [0.25, 0.3) is 5.91 Å². The van der Waals surface area contributed by atoms with Crippen LogP contribution in [0.2, 0.25) is 0 Å². The fourth-order valence-corrected chi connectivity index (χ4v) is 6.18. The second kappa shape index (κ2) is 10.8. The van der Waals surface area contributed by atoms with Crippen LogP contribution in [0.5, 0.6) is 0 Å². The molecule has 2 amide bonds. The molecule has 1 aliphatic rings. The van der Waals surface area contributed by atoms with Crippen molar-refractivity contribution in [3.63, 3.8) is 0 Å². The third-order valence-electron chi connectivity index (χ3n) is 4.92. The van der Waals surface area contributed by atoms with Crippen molar-refractivity contribution < 1.29 is 22.7 Å². The van der Waals surface area contributed by atoms with Crippen LogP contribution in [0.25, 0.3) is 10.2 Å². The van der Waals surface area contributed by atoms with E-state index in [1.165, 1.54) is 11.3 Å². The summed E-state index contributed by atoms with van der Waals surface area (Å²) in [6, 6.07) is 5.74. The highest BCUT2D eigenvalue weighted by Gasteiger charge is 2.25. The van der Waals surface area contributed by atoms with Crippen molar-refractivity contribution in [2.45, 2.75) is 32.7 Å². The van der Waals surface area contributed by atoms with Crippen molar-refractivity contribution in [1.29, 1.82) is 0 Å². The first-order valence-electron chi connectivity index (χ1n) is 10.2. The number of piperidine rings is 1. The summed E-state index contributed by atoms with van der Waals surface area (Å²) in [4.78, 5) is 30.8. The van der Waals surface area contributed by atoms with Crippen LogP contribution >= 0.6 is 27.3 Å². The largest absolute Gasteiger partial charge is 0.380 e. The Kier molecular flexibility index (Phi) is 8.43. The zero-order valence-corrected chi connectivity index (χ0v) is 20.6. The van der Waals surface area contributed by atoms with Gasteiger partial charge in [0, 0.05) is 30.7 Å². The van der Waals surface area contributed by atoms with Gasteiger partial charge < -0.3 is 14.2 Å². The van der Waals surface area contributed by atoms with Gasteiger partial charge in [-0.15, -0.1) is 0 Å². The number of thiazole rings is 1. The number of amides is 2. The molecule has 1 fully saturated rings. The monoisotopic (exact) mass is 531 g/mol. The molecule has 0 unspecified atom stereocenters. The minimum absolute atomic E-state index is 0.412. The lowest BCUT2D eigenvalue weighted by molar-refractivity contribution is -0.129. The number of rotatable bonds is 8. The second-order valence-electron chi connectivity index (χ2n) is 7.32. The van der Waals surface area contributed by atoms with E-state index in [-0.39, 0.29) is 0 Å². The average molecular weight is 532 g/mol. The van der Waals surface area contributed by atoms with E-state index in [1.54, 1.807) is 4.90 Å². The normalized spacial score (nSPS) is 15.5. The number of aromatic nitrogens is 1. The molecule has 0 saturated carbocycles. The summed E-state index contributed by atoms with van der Waals surface area (Å²) < 4.78 is 34.0. The van der Waals surface area contributed by atoms with Crippen molar-refractivity contribution in [2.24, 2.45) is 4.99 Å². The summed E-state index contributed by atoms with van der Waals surface area (Å²) >= 11 is 4.74. The molecule has 3 rings (SSSR count). The van der Waals surface area contributed by atoms with Crippen LogP contribution in [0.15, 0.2) is 27.7 Å². The van der Waals surface area contributed by atoms with Crippen LogP contribution < -0.4 is 4.80 Å². The van der Waals surface area contributed by atoms with Crippen molar-refractivity contribution in [1.82, 2.24) is 9.47 Å². The minimum Gasteiger partial charge on any atom is -0.380 e. The predicted molar refractivity (Wildman–Crippen MR) is 124 cm³/mol. The van der Waals surface area contributed by atoms with Crippen molar-refractivity contribution >= 4 is 59.1 Å². The Labute approximate surface area is 194 Å². The first-order valence-corrected chi connectivity index (χ1v) is 13.6. The van der Waals surface area contributed by atoms with E-state index in [9.17, 15) is 18.0 Å². The maximum atomic E-state index is 12.5. The molecule has 11 heteroatoms. The molecule has 31 heavy (non-hydrogen) atoms.